The molecule has 2 heterocycles. The maximum atomic E-state index is 5.73. The van der Waals surface area contributed by atoms with Crippen molar-refractivity contribution in [2.75, 3.05) is 33.8 Å². The van der Waals surface area contributed by atoms with Gasteiger partial charge in [-0.2, -0.15) is 0 Å². The molecule has 0 amide bonds. The molecule has 2 aliphatic rings. The molecule has 2 atom stereocenters. The number of epoxide rings is 1. The summed E-state index contributed by atoms with van der Waals surface area (Å²) in [5, 5.41) is 0. The Morgan fingerprint density at radius 2 is 2.31 bits per heavy atom. The summed E-state index contributed by atoms with van der Waals surface area (Å²) < 4.78 is 5.48. The van der Waals surface area contributed by atoms with Gasteiger partial charge in [-0.25, -0.2) is 0 Å². The van der Waals surface area contributed by atoms with Crippen molar-refractivity contribution in [3.05, 3.63) is 0 Å². The lowest BCUT2D eigenvalue weighted by Crippen LogP contribution is -2.51. The van der Waals surface area contributed by atoms with Crippen LogP contribution in [0.1, 0.15) is 12.8 Å². The van der Waals surface area contributed by atoms with Gasteiger partial charge in [-0.05, 0) is 26.9 Å². The van der Waals surface area contributed by atoms with Gasteiger partial charge in [0.15, 0.2) is 5.72 Å². The highest BCUT2D eigenvalue weighted by molar-refractivity contribution is 4.98. The molecule has 0 aromatic carbocycles. The maximum Gasteiger partial charge on any atom is 0.159 e. The second-order valence-corrected chi connectivity index (χ2v) is 4.22. The number of nitrogens with two attached hydrogens (primary N) is 1. The van der Waals surface area contributed by atoms with Gasteiger partial charge in [0.1, 0.15) is 0 Å². The fraction of sp³-hybridized carbons (Fsp3) is 1.00. The van der Waals surface area contributed by atoms with Gasteiger partial charge >= 0.3 is 0 Å². The van der Waals surface area contributed by atoms with Gasteiger partial charge in [-0.3, -0.25) is 9.80 Å². The van der Waals surface area contributed by atoms with Crippen LogP contribution in [0.25, 0.3) is 0 Å². The molecule has 2 fully saturated rings. The molecule has 4 heteroatoms. The monoisotopic (exact) mass is 185 g/mol. The summed E-state index contributed by atoms with van der Waals surface area (Å²) >= 11 is 0. The lowest BCUT2D eigenvalue weighted by atomic mass is 10.2. The van der Waals surface area contributed by atoms with E-state index in [0.717, 1.165) is 13.2 Å². The summed E-state index contributed by atoms with van der Waals surface area (Å²) in [7, 11) is 4.24. The summed E-state index contributed by atoms with van der Waals surface area (Å²) in [6, 6.07) is 0. The molecule has 0 radical (unpaired) electrons. The molecule has 2 N–H and O–H groups in total. The lowest BCUT2D eigenvalue weighted by Gasteiger charge is -2.33. The highest BCUT2D eigenvalue weighted by atomic mass is 16.6. The van der Waals surface area contributed by atoms with Gasteiger partial charge in [-0.15, -0.1) is 0 Å². The van der Waals surface area contributed by atoms with E-state index in [9.17, 15) is 0 Å². The van der Waals surface area contributed by atoms with Gasteiger partial charge in [0.25, 0.3) is 0 Å². The van der Waals surface area contributed by atoms with Crippen molar-refractivity contribution in [2.45, 2.75) is 24.7 Å². The van der Waals surface area contributed by atoms with Crippen molar-refractivity contribution in [2.24, 2.45) is 5.73 Å². The van der Waals surface area contributed by atoms with Gasteiger partial charge in [0.2, 0.25) is 0 Å². The van der Waals surface area contributed by atoms with Crippen molar-refractivity contribution in [3.63, 3.8) is 0 Å². The molecule has 0 bridgehead atoms. The number of hydrogen-bond donors (Lipinski definition) is 1. The predicted molar refractivity (Wildman–Crippen MR) is 51.2 cm³/mol. The highest BCUT2D eigenvalue weighted by Crippen LogP contribution is 2.36. The van der Waals surface area contributed by atoms with E-state index in [4.69, 9.17) is 10.5 Å². The van der Waals surface area contributed by atoms with Crippen LogP contribution in [0.5, 0.6) is 0 Å². The van der Waals surface area contributed by atoms with Crippen LogP contribution in [0.4, 0.5) is 0 Å². The molecular weight excluding hydrogens is 166 g/mol. The first-order chi connectivity index (χ1) is 6.19. The third-order valence-corrected chi connectivity index (χ3v) is 3.14. The van der Waals surface area contributed by atoms with Crippen LogP contribution in [0.2, 0.25) is 0 Å². The number of nitrogens with zero attached hydrogens (tertiary/aromatic N) is 2. The molecule has 2 saturated heterocycles. The van der Waals surface area contributed by atoms with Crippen LogP contribution in [0.15, 0.2) is 0 Å². The fourth-order valence-corrected chi connectivity index (χ4v) is 2.25. The Labute approximate surface area is 79.6 Å². The normalized spacial score (nSPS) is 40.2. The van der Waals surface area contributed by atoms with Crippen molar-refractivity contribution in [3.8, 4) is 0 Å². The van der Waals surface area contributed by atoms with Crippen LogP contribution in [-0.2, 0) is 4.74 Å². The summed E-state index contributed by atoms with van der Waals surface area (Å²) in [5.74, 6) is 0. The van der Waals surface area contributed by atoms with E-state index >= 15 is 0 Å². The molecule has 0 aromatic rings. The first kappa shape index (κ1) is 9.40. The number of hydrogen-bond acceptors (Lipinski definition) is 4. The SMILES string of the molecule is CN(C)C1CCCN1C1(CN)CO1. The first-order valence-corrected chi connectivity index (χ1v) is 4.97. The smallest absolute Gasteiger partial charge is 0.159 e. The largest absolute Gasteiger partial charge is 0.352 e. The van der Waals surface area contributed by atoms with Crippen LogP contribution < -0.4 is 5.73 Å². The van der Waals surface area contributed by atoms with Gasteiger partial charge in [0.05, 0.1) is 12.8 Å². The topological polar surface area (TPSA) is 45.0 Å². The summed E-state index contributed by atoms with van der Waals surface area (Å²) in [6.07, 6.45) is 3.01. The quantitative estimate of drug-likeness (QED) is 0.611. The molecule has 2 rings (SSSR count). The van der Waals surface area contributed by atoms with Crippen molar-refractivity contribution >= 4 is 0 Å². The van der Waals surface area contributed by atoms with Crippen LogP contribution in [0.3, 0.4) is 0 Å². The van der Waals surface area contributed by atoms with Crippen LogP contribution in [-0.4, -0.2) is 55.5 Å². The number of ether oxygens (including phenoxy) is 1. The van der Waals surface area contributed by atoms with Crippen molar-refractivity contribution in [1.82, 2.24) is 9.80 Å². The van der Waals surface area contributed by atoms with E-state index in [1.165, 1.54) is 12.8 Å². The standard InChI is InChI=1S/C9H19N3O/c1-11(2)8-4-3-5-12(8)9(6-10)7-13-9/h8H,3-7,10H2,1-2H3. The molecule has 4 nitrogen and oxygen atoms in total. The van der Waals surface area contributed by atoms with Crippen LogP contribution in [0, 0.1) is 0 Å². The molecule has 76 valence electrons. The molecule has 13 heavy (non-hydrogen) atoms. The Balaban J connectivity index is 2.05. The zero-order valence-electron chi connectivity index (χ0n) is 8.49. The molecule has 0 saturated carbocycles. The minimum Gasteiger partial charge on any atom is -0.352 e. The second-order valence-electron chi connectivity index (χ2n) is 4.22. The van der Waals surface area contributed by atoms with Crippen molar-refractivity contribution in [1.29, 1.82) is 0 Å². The van der Waals surface area contributed by atoms with Crippen molar-refractivity contribution < 1.29 is 4.74 Å². The predicted octanol–water partition coefficient (Wildman–Crippen LogP) is -0.345. The highest BCUT2D eigenvalue weighted by Gasteiger charge is 2.53. The molecule has 0 aliphatic carbocycles. The van der Waals surface area contributed by atoms with Gasteiger partial charge < -0.3 is 10.5 Å². The van der Waals surface area contributed by atoms with Gasteiger partial charge in [-0.1, -0.05) is 0 Å². The third kappa shape index (κ3) is 1.48. The average Bonchev–Trinajstić information content (AvgIpc) is 2.74. The molecule has 0 spiro atoms. The Kier molecular flexibility index (Phi) is 2.32. The maximum absolute atomic E-state index is 5.73. The third-order valence-electron chi connectivity index (χ3n) is 3.14. The van der Waals surface area contributed by atoms with Gasteiger partial charge in [0, 0.05) is 13.1 Å². The summed E-state index contributed by atoms with van der Waals surface area (Å²) in [4.78, 5) is 4.67. The number of rotatable bonds is 3. The Morgan fingerprint density at radius 3 is 2.77 bits per heavy atom. The molecule has 2 unspecified atom stereocenters. The summed E-state index contributed by atoms with van der Waals surface area (Å²) in [6.45, 7) is 2.56. The molecular formula is C9H19N3O. The zero-order chi connectivity index (χ0) is 9.47. The van der Waals surface area contributed by atoms with Crippen LogP contribution >= 0.6 is 0 Å². The second kappa shape index (κ2) is 3.20. The van der Waals surface area contributed by atoms with E-state index in [-0.39, 0.29) is 5.72 Å². The Hall–Kier alpha value is -0.160. The minimum absolute atomic E-state index is 0.106. The summed E-state index contributed by atoms with van der Waals surface area (Å²) in [5.41, 5.74) is 5.62. The zero-order valence-corrected chi connectivity index (χ0v) is 8.49. The van der Waals surface area contributed by atoms with E-state index in [1.54, 1.807) is 0 Å². The minimum atomic E-state index is -0.106. The average molecular weight is 185 g/mol. The lowest BCUT2D eigenvalue weighted by molar-refractivity contribution is 0.0150. The Bertz CT molecular complexity index is 191. The van der Waals surface area contributed by atoms with E-state index in [1.807, 2.05) is 0 Å². The van der Waals surface area contributed by atoms with E-state index in [2.05, 4.69) is 23.9 Å². The van der Waals surface area contributed by atoms with E-state index in [0.29, 0.717) is 12.7 Å². The number of likely N-dealkylation sites (tertiary alicyclic amines) is 1. The molecule has 0 aromatic heterocycles. The Morgan fingerprint density at radius 1 is 1.62 bits per heavy atom. The molecule has 2 aliphatic heterocycles. The fourth-order valence-electron chi connectivity index (χ4n) is 2.25. The first-order valence-electron chi connectivity index (χ1n) is 4.97. The van der Waals surface area contributed by atoms with E-state index < -0.39 is 0 Å².